The number of carbonyl (C=O) groups is 1. The van der Waals surface area contributed by atoms with Crippen LogP contribution in [0.25, 0.3) is 0 Å². The maximum Gasteiger partial charge on any atom is 0.230 e. The quantitative estimate of drug-likeness (QED) is 0.735. The van der Waals surface area contributed by atoms with Gasteiger partial charge in [-0.25, -0.2) is 0 Å². The molecule has 0 bridgehead atoms. The first kappa shape index (κ1) is 19.0. The van der Waals surface area contributed by atoms with E-state index in [-0.39, 0.29) is 12.3 Å². The molecule has 136 valence electrons. The lowest BCUT2D eigenvalue weighted by Gasteiger charge is -2.13. The zero-order chi connectivity index (χ0) is 18.2. The zero-order valence-electron chi connectivity index (χ0n) is 14.9. The minimum absolute atomic E-state index is 0.167. The molecule has 0 aliphatic rings. The Bertz CT molecular complexity index is 693. The molecule has 1 aromatic carbocycles. The van der Waals surface area contributed by atoms with Crippen molar-refractivity contribution in [3.05, 3.63) is 22.7 Å². The van der Waals surface area contributed by atoms with E-state index in [9.17, 15) is 4.79 Å². The summed E-state index contributed by atoms with van der Waals surface area (Å²) < 4.78 is 15.9. The smallest absolute Gasteiger partial charge is 0.230 e. The average molecular weight is 365 g/mol. The number of amides is 1. The van der Waals surface area contributed by atoms with Gasteiger partial charge in [0.15, 0.2) is 11.5 Å². The number of aryl methyl sites for hydroxylation is 1. The minimum Gasteiger partial charge on any atom is -0.493 e. The van der Waals surface area contributed by atoms with E-state index in [4.69, 9.17) is 14.2 Å². The number of benzene rings is 1. The molecule has 0 fully saturated rings. The third kappa shape index (κ3) is 5.06. The second-order valence-electron chi connectivity index (χ2n) is 5.36. The number of anilines is 1. The fourth-order valence-corrected chi connectivity index (χ4v) is 3.12. The van der Waals surface area contributed by atoms with Gasteiger partial charge in [-0.2, -0.15) is 0 Å². The number of unbranched alkanes of at least 4 members (excludes halogenated alkanes) is 1. The number of carbonyl (C=O) groups excluding carboxylic acids is 1. The van der Waals surface area contributed by atoms with Crippen LogP contribution in [-0.4, -0.2) is 37.4 Å². The van der Waals surface area contributed by atoms with Gasteiger partial charge in [0, 0.05) is 6.42 Å². The van der Waals surface area contributed by atoms with Gasteiger partial charge in [0.2, 0.25) is 16.8 Å². The Labute approximate surface area is 151 Å². The van der Waals surface area contributed by atoms with Gasteiger partial charge in [-0.05, 0) is 24.1 Å². The molecule has 8 heteroatoms. The molecule has 0 aliphatic carbocycles. The predicted octanol–water partition coefficient (Wildman–Crippen LogP) is 3.09. The number of nitrogens with one attached hydrogen (secondary N) is 1. The van der Waals surface area contributed by atoms with E-state index in [1.165, 1.54) is 11.3 Å². The Morgan fingerprint density at radius 2 is 1.80 bits per heavy atom. The van der Waals surface area contributed by atoms with Crippen LogP contribution in [0.2, 0.25) is 0 Å². The van der Waals surface area contributed by atoms with Crippen LogP contribution in [0.3, 0.4) is 0 Å². The molecule has 0 saturated carbocycles. The summed E-state index contributed by atoms with van der Waals surface area (Å²) in [6.45, 7) is 2.13. The molecule has 2 aromatic rings. The highest BCUT2D eigenvalue weighted by Gasteiger charge is 2.15. The predicted molar refractivity (Wildman–Crippen MR) is 97.0 cm³/mol. The number of hydrogen-bond acceptors (Lipinski definition) is 7. The maximum atomic E-state index is 12.3. The summed E-state index contributed by atoms with van der Waals surface area (Å²) in [7, 11) is 4.62. The molecule has 7 nitrogen and oxygen atoms in total. The Hall–Kier alpha value is -2.35. The Morgan fingerprint density at radius 3 is 2.36 bits per heavy atom. The van der Waals surface area contributed by atoms with E-state index in [0.29, 0.717) is 22.4 Å². The van der Waals surface area contributed by atoms with Crippen molar-refractivity contribution in [2.75, 3.05) is 26.6 Å². The third-order valence-electron chi connectivity index (χ3n) is 3.55. The number of aromatic nitrogens is 2. The summed E-state index contributed by atoms with van der Waals surface area (Å²) in [6.07, 6.45) is 3.22. The molecule has 1 amide bonds. The monoisotopic (exact) mass is 365 g/mol. The van der Waals surface area contributed by atoms with E-state index < -0.39 is 0 Å². The van der Waals surface area contributed by atoms with Crippen molar-refractivity contribution in [1.29, 1.82) is 0 Å². The molecule has 25 heavy (non-hydrogen) atoms. The van der Waals surface area contributed by atoms with Gasteiger partial charge in [0.25, 0.3) is 0 Å². The van der Waals surface area contributed by atoms with Gasteiger partial charge in [-0.15, -0.1) is 10.2 Å². The molecule has 1 heterocycles. The molecule has 0 spiro atoms. The normalized spacial score (nSPS) is 10.4. The molecule has 1 aromatic heterocycles. The molecular weight excluding hydrogens is 342 g/mol. The van der Waals surface area contributed by atoms with Crippen LogP contribution in [0, 0.1) is 0 Å². The number of hydrogen-bond donors (Lipinski definition) is 1. The Morgan fingerprint density at radius 1 is 1.12 bits per heavy atom. The van der Waals surface area contributed by atoms with Crippen LogP contribution in [0.1, 0.15) is 30.3 Å². The second kappa shape index (κ2) is 9.22. The summed E-state index contributed by atoms with van der Waals surface area (Å²) >= 11 is 1.41. The zero-order valence-corrected chi connectivity index (χ0v) is 15.7. The van der Waals surface area contributed by atoms with Crippen LogP contribution < -0.4 is 19.5 Å². The first-order valence-corrected chi connectivity index (χ1v) is 8.84. The molecule has 0 atom stereocenters. The maximum absolute atomic E-state index is 12.3. The van der Waals surface area contributed by atoms with Crippen LogP contribution in [0.4, 0.5) is 5.13 Å². The summed E-state index contributed by atoms with van der Waals surface area (Å²) in [5.41, 5.74) is 0.753. The highest BCUT2D eigenvalue weighted by Crippen LogP contribution is 2.38. The number of ether oxygens (including phenoxy) is 3. The van der Waals surface area contributed by atoms with Crippen molar-refractivity contribution in [1.82, 2.24) is 10.2 Å². The highest BCUT2D eigenvalue weighted by molar-refractivity contribution is 7.15. The summed E-state index contributed by atoms with van der Waals surface area (Å²) in [4.78, 5) is 12.3. The van der Waals surface area contributed by atoms with Crippen molar-refractivity contribution in [2.24, 2.45) is 0 Å². The molecular formula is C17H23N3O4S. The SMILES string of the molecule is CCCCc1nnc(NC(=O)Cc2cc(OC)c(OC)c(OC)c2)s1. The van der Waals surface area contributed by atoms with Gasteiger partial charge < -0.3 is 19.5 Å². The van der Waals surface area contributed by atoms with E-state index in [1.807, 2.05) is 0 Å². The molecule has 1 N–H and O–H groups in total. The van der Waals surface area contributed by atoms with E-state index in [1.54, 1.807) is 33.5 Å². The van der Waals surface area contributed by atoms with E-state index in [2.05, 4.69) is 22.4 Å². The molecule has 0 aliphatic heterocycles. The Balaban J connectivity index is 2.06. The van der Waals surface area contributed by atoms with Crippen LogP contribution in [0.15, 0.2) is 12.1 Å². The topological polar surface area (TPSA) is 82.6 Å². The van der Waals surface area contributed by atoms with Gasteiger partial charge >= 0.3 is 0 Å². The van der Waals surface area contributed by atoms with Crippen molar-refractivity contribution in [3.63, 3.8) is 0 Å². The lowest BCUT2D eigenvalue weighted by molar-refractivity contribution is -0.115. The van der Waals surface area contributed by atoms with Gasteiger partial charge in [-0.1, -0.05) is 24.7 Å². The van der Waals surface area contributed by atoms with Crippen molar-refractivity contribution in [3.8, 4) is 17.2 Å². The van der Waals surface area contributed by atoms with Gasteiger partial charge in [0.05, 0.1) is 27.8 Å². The average Bonchev–Trinajstić information content (AvgIpc) is 3.05. The molecule has 0 unspecified atom stereocenters. The first-order valence-electron chi connectivity index (χ1n) is 8.02. The van der Waals surface area contributed by atoms with E-state index in [0.717, 1.165) is 29.8 Å². The van der Waals surface area contributed by atoms with Gasteiger partial charge in [0.1, 0.15) is 5.01 Å². The first-order chi connectivity index (χ1) is 12.1. The standard InChI is InChI=1S/C17H23N3O4S/c1-5-6-7-15-19-20-17(25-15)18-14(21)10-11-8-12(22-2)16(24-4)13(9-11)23-3/h8-9H,5-7,10H2,1-4H3,(H,18,20,21). The second-order valence-corrected chi connectivity index (χ2v) is 6.43. The largest absolute Gasteiger partial charge is 0.493 e. The lowest BCUT2D eigenvalue weighted by atomic mass is 10.1. The molecule has 0 radical (unpaired) electrons. The number of rotatable bonds is 9. The number of nitrogens with zero attached hydrogens (tertiary/aromatic N) is 2. The third-order valence-corrected chi connectivity index (χ3v) is 4.45. The van der Waals surface area contributed by atoms with Crippen LogP contribution in [-0.2, 0) is 17.6 Å². The van der Waals surface area contributed by atoms with Crippen molar-refractivity contribution in [2.45, 2.75) is 32.6 Å². The summed E-state index contributed by atoms with van der Waals surface area (Å²) in [6, 6.07) is 3.52. The van der Waals surface area contributed by atoms with Crippen molar-refractivity contribution < 1.29 is 19.0 Å². The summed E-state index contributed by atoms with van der Waals surface area (Å²) in [5, 5.41) is 12.3. The Kier molecular flexibility index (Phi) is 7.00. The highest BCUT2D eigenvalue weighted by atomic mass is 32.1. The van der Waals surface area contributed by atoms with E-state index >= 15 is 0 Å². The van der Waals surface area contributed by atoms with Gasteiger partial charge in [-0.3, -0.25) is 4.79 Å². The minimum atomic E-state index is -0.174. The van der Waals surface area contributed by atoms with Crippen LogP contribution in [0.5, 0.6) is 17.2 Å². The fourth-order valence-electron chi connectivity index (χ4n) is 2.32. The molecule has 2 rings (SSSR count). The molecule has 0 saturated heterocycles. The van der Waals surface area contributed by atoms with Crippen LogP contribution >= 0.6 is 11.3 Å². The fraction of sp³-hybridized carbons (Fsp3) is 0.471. The number of methoxy groups -OCH3 is 3. The lowest BCUT2D eigenvalue weighted by Crippen LogP contribution is -2.14. The van der Waals surface area contributed by atoms with Crippen molar-refractivity contribution >= 4 is 22.4 Å². The summed E-state index contributed by atoms with van der Waals surface area (Å²) in [5.74, 6) is 1.36.